The first-order valence-corrected chi connectivity index (χ1v) is 5.14. The number of nitrogens with two attached hydrogens (primary N) is 2. The molecule has 1 rings (SSSR count). The zero-order valence-electron chi connectivity index (χ0n) is 9.27. The summed E-state index contributed by atoms with van der Waals surface area (Å²) in [5.41, 5.74) is 14.1. The molecule has 1 radical (unpaired) electrons. The summed E-state index contributed by atoms with van der Waals surface area (Å²) in [7, 11) is 0. The average molecular weight is 213 g/mol. The van der Waals surface area contributed by atoms with E-state index in [4.69, 9.17) is 11.5 Å². The van der Waals surface area contributed by atoms with Gasteiger partial charge in [-0.3, -0.25) is 0 Å². The number of nitrogen functional groups attached to an aromatic ring is 1. The summed E-state index contributed by atoms with van der Waals surface area (Å²) in [6.45, 7) is 3.69. The predicted octanol–water partition coefficient (Wildman–Crippen LogP) is 2.60. The Morgan fingerprint density at radius 2 is 1.94 bits per heavy atom. The van der Waals surface area contributed by atoms with E-state index in [1.807, 2.05) is 42.8 Å². The van der Waals surface area contributed by atoms with Crippen LogP contribution in [0, 0.1) is 6.42 Å². The number of hydrogen-bond acceptors (Lipinski definition) is 2. The van der Waals surface area contributed by atoms with Gasteiger partial charge in [-0.05, 0) is 36.4 Å². The maximum absolute atomic E-state index is 5.63. The maximum Gasteiger partial charge on any atom is 0.0314 e. The number of rotatable bonds is 5. The molecule has 0 fully saturated rings. The molecule has 0 unspecified atom stereocenters. The highest BCUT2D eigenvalue weighted by Crippen LogP contribution is 2.13. The Morgan fingerprint density at radius 1 is 1.25 bits per heavy atom. The normalized spacial score (nSPS) is 11.9. The van der Waals surface area contributed by atoms with Gasteiger partial charge >= 0.3 is 0 Å². The van der Waals surface area contributed by atoms with Gasteiger partial charge in [0.15, 0.2) is 0 Å². The molecule has 1 aromatic carbocycles. The van der Waals surface area contributed by atoms with Gasteiger partial charge in [0.25, 0.3) is 0 Å². The molecule has 2 heteroatoms. The second-order valence-corrected chi connectivity index (χ2v) is 3.45. The van der Waals surface area contributed by atoms with Crippen LogP contribution in [0.25, 0.3) is 0 Å². The molecule has 0 bridgehead atoms. The predicted molar refractivity (Wildman–Crippen MR) is 70.5 cm³/mol. The van der Waals surface area contributed by atoms with Crippen LogP contribution < -0.4 is 11.5 Å². The summed E-state index contributed by atoms with van der Waals surface area (Å²) in [6.07, 6.45) is 9.88. The van der Waals surface area contributed by atoms with E-state index in [2.05, 4.69) is 6.58 Å². The first-order chi connectivity index (χ1) is 7.76. The van der Waals surface area contributed by atoms with Gasteiger partial charge in [0.1, 0.15) is 0 Å². The Labute approximate surface area is 97.0 Å². The van der Waals surface area contributed by atoms with Crippen molar-refractivity contribution in [1.82, 2.24) is 0 Å². The quantitative estimate of drug-likeness (QED) is 0.583. The minimum Gasteiger partial charge on any atom is -0.405 e. The van der Waals surface area contributed by atoms with Crippen molar-refractivity contribution in [2.24, 2.45) is 5.73 Å². The van der Waals surface area contributed by atoms with Gasteiger partial charge in [0, 0.05) is 12.1 Å². The summed E-state index contributed by atoms with van der Waals surface area (Å²) in [5.74, 6) is 0. The van der Waals surface area contributed by atoms with Crippen LogP contribution in [-0.2, 0) is 6.42 Å². The lowest BCUT2D eigenvalue weighted by Crippen LogP contribution is -1.92. The molecule has 4 N–H and O–H groups in total. The summed E-state index contributed by atoms with van der Waals surface area (Å²) >= 11 is 0. The fourth-order valence-electron chi connectivity index (χ4n) is 1.38. The second kappa shape index (κ2) is 6.51. The molecule has 0 aliphatic heterocycles. The lowest BCUT2D eigenvalue weighted by atomic mass is 10.0. The van der Waals surface area contributed by atoms with Gasteiger partial charge in [-0.1, -0.05) is 29.9 Å². The van der Waals surface area contributed by atoms with E-state index >= 15 is 0 Å². The van der Waals surface area contributed by atoms with Crippen molar-refractivity contribution in [2.75, 3.05) is 5.73 Å². The molecule has 2 nitrogen and oxygen atoms in total. The third-order valence-corrected chi connectivity index (χ3v) is 2.14. The monoisotopic (exact) mass is 213 g/mol. The number of benzene rings is 1. The SMILES string of the molecule is C=C[CH]/C(=C\C=C\N)Cc1ccc(N)cc1. The minimum absolute atomic E-state index is 0.781. The summed E-state index contributed by atoms with van der Waals surface area (Å²) in [5, 5.41) is 0. The zero-order valence-corrected chi connectivity index (χ0v) is 9.27. The van der Waals surface area contributed by atoms with Crippen LogP contribution in [0.3, 0.4) is 0 Å². The average Bonchev–Trinajstić information content (AvgIpc) is 2.29. The highest BCUT2D eigenvalue weighted by atomic mass is 14.5. The van der Waals surface area contributed by atoms with E-state index in [-0.39, 0.29) is 0 Å². The van der Waals surface area contributed by atoms with Crippen LogP contribution >= 0.6 is 0 Å². The van der Waals surface area contributed by atoms with E-state index in [9.17, 15) is 0 Å². The van der Waals surface area contributed by atoms with E-state index < -0.39 is 0 Å². The van der Waals surface area contributed by atoms with Gasteiger partial charge in [-0.15, -0.1) is 6.58 Å². The molecule has 0 aliphatic carbocycles. The molecule has 0 aromatic heterocycles. The maximum atomic E-state index is 5.63. The molecule has 83 valence electrons. The van der Waals surface area contributed by atoms with Gasteiger partial charge < -0.3 is 11.5 Å². The fourth-order valence-corrected chi connectivity index (χ4v) is 1.38. The molecule has 16 heavy (non-hydrogen) atoms. The molecular formula is C14H17N2. The third kappa shape index (κ3) is 4.05. The molecule has 0 amide bonds. The van der Waals surface area contributed by atoms with Crippen LogP contribution in [0.4, 0.5) is 5.69 Å². The Hall–Kier alpha value is -1.96. The number of allylic oxidation sites excluding steroid dienone is 4. The van der Waals surface area contributed by atoms with Crippen molar-refractivity contribution >= 4 is 5.69 Å². The molecule has 0 saturated heterocycles. The Balaban J connectivity index is 2.75. The number of hydrogen-bond donors (Lipinski definition) is 2. The van der Waals surface area contributed by atoms with Crippen molar-refractivity contribution in [3.8, 4) is 0 Å². The summed E-state index contributed by atoms with van der Waals surface area (Å²) < 4.78 is 0. The standard InChI is InChI=1S/C14H17N2/c1-2-4-12(5-3-10-15)11-13-6-8-14(16)9-7-13/h2-10H,1,11,15-16H2/b10-3+,12-5+. The van der Waals surface area contributed by atoms with E-state index in [0.29, 0.717) is 0 Å². The van der Waals surface area contributed by atoms with Gasteiger partial charge in [0.2, 0.25) is 0 Å². The summed E-state index contributed by atoms with van der Waals surface area (Å²) in [4.78, 5) is 0. The number of anilines is 1. The first-order valence-electron chi connectivity index (χ1n) is 5.14. The molecule has 0 atom stereocenters. The van der Waals surface area contributed by atoms with Gasteiger partial charge in [-0.25, -0.2) is 0 Å². The van der Waals surface area contributed by atoms with E-state index in [1.165, 1.54) is 11.8 Å². The van der Waals surface area contributed by atoms with Crippen molar-refractivity contribution in [2.45, 2.75) is 6.42 Å². The lowest BCUT2D eigenvalue weighted by molar-refractivity contribution is 1.17. The largest absolute Gasteiger partial charge is 0.405 e. The summed E-state index contributed by atoms with van der Waals surface area (Å²) in [6, 6.07) is 7.85. The first kappa shape index (κ1) is 12.1. The molecule has 1 aromatic rings. The van der Waals surface area contributed by atoms with Crippen molar-refractivity contribution in [3.63, 3.8) is 0 Å². The van der Waals surface area contributed by atoms with Crippen LogP contribution in [-0.4, -0.2) is 0 Å². The highest BCUT2D eigenvalue weighted by Gasteiger charge is 1.97. The Bertz CT molecular complexity index is 386. The second-order valence-electron chi connectivity index (χ2n) is 3.45. The zero-order chi connectivity index (χ0) is 11.8. The van der Waals surface area contributed by atoms with E-state index in [1.54, 1.807) is 6.08 Å². The van der Waals surface area contributed by atoms with Crippen LogP contribution in [0.5, 0.6) is 0 Å². The van der Waals surface area contributed by atoms with Crippen molar-refractivity contribution < 1.29 is 0 Å². The van der Waals surface area contributed by atoms with E-state index in [0.717, 1.165) is 17.7 Å². The van der Waals surface area contributed by atoms with Crippen LogP contribution in [0.1, 0.15) is 5.56 Å². The molecule has 0 heterocycles. The van der Waals surface area contributed by atoms with Gasteiger partial charge in [0.05, 0.1) is 0 Å². The molecule has 0 aliphatic rings. The molecular weight excluding hydrogens is 196 g/mol. The van der Waals surface area contributed by atoms with Crippen LogP contribution in [0.15, 0.2) is 60.8 Å². The smallest absolute Gasteiger partial charge is 0.0314 e. The van der Waals surface area contributed by atoms with Gasteiger partial charge in [-0.2, -0.15) is 0 Å². The Kier molecular flexibility index (Phi) is 4.93. The topological polar surface area (TPSA) is 52.0 Å². The third-order valence-electron chi connectivity index (χ3n) is 2.14. The van der Waals surface area contributed by atoms with Crippen molar-refractivity contribution in [1.29, 1.82) is 0 Å². The lowest BCUT2D eigenvalue weighted by Gasteiger charge is -2.04. The minimum atomic E-state index is 0.781. The highest BCUT2D eigenvalue weighted by molar-refractivity contribution is 5.41. The van der Waals surface area contributed by atoms with Crippen LogP contribution in [0.2, 0.25) is 0 Å². The van der Waals surface area contributed by atoms with Crippen molar-refractivity contribution in [3.05, 3.63) is 72.8 Å². The molecule has 0 saturated carbocycles. The Morgan fingerprint density at radius 3 is 2.50 bits per heavy atom. The molecule has 0 spiro atoms. The fraction of sp³-hybridized carbons (Fsp3) is 0.0714.